The van der Waals surface area contributed by atoms with Crippen LogP contribution in [0.3, 0.4) is 0 Å². The van der Waals surface area contributed by atoms with Gasteiger partial charge in [0.2, 0.25) is 0 Å². The van der Waals surface area contributed by atoms with Gasteiger partial charge in [0.15, 0.2) is 0 Å². The molecule has 16 heavy (non-hydrogen) atoms. The lowest BCUT2D eigenvalue weighted by Gasteiger charge is -2.06. The summed E-state index contributed by atoms with van der Waals surface area (Å²) in [6, 6.07) is 5.26. The van der Waals surface area contributed by atoms with Crippen molar-refractivity contribution in [3.05, 3.63) is 35.0 Å². The Morgan fingerprint density at radius 3 is 2.88 bits per heavy atom. The zero-order valence-electron chi connectivity index (χ0n) is 8.53. The van der Waals surface area contributed by atoms with Gasteiger partial charge in [0.25, 0.3) is 5.91 Å². The second-order valence-electron chi connectivity index (χ2n) is 3.23. The van der Waals surface area contributed by atoms with Crippen molar-refractivity contribution < 1.29 is 9.53 Å². The molecule has 0 fully saturated rings. The Balaban J connectivity index is 2.75. The Hall–Kier alpha value is -1.81. The van der Waals surface area contributed by atoms with Crippen LogP contribution in [0.15, 0.2) is 24.4 Å². The predicted molar refractivity (Wildman–Crippen MR) is 61.8 cm³/mol. The highest BCUT2D eigenvalue weighted by Gasteiger charge is 2.11. The second-order valence-corrected chi connectivity index (χ2v) is 3.61. The Labute approximate surface area is 97.0 Å². The first kappa shape index (κ1) is 10.7. The number of amides is 1. The average molecular weight is 237 g/mol. The van der Waals surface area contributed by atoms with Crippen molar-refractivity contribution in [2.24, 2.45) is 5.73 Å². The van der Waals surface area contributed by atoms with E-state index in [9.17, 15) is 4.79 Å². The lowest BCUT2D eigenvalue weighted by molar-refractivity contribution is 0.100. The molecule has 1 aromatic heterocycles. The molecule has 0 atom stereocenters. The molecule has 0 aliphatic carbocycles. The van der Waals surface area contributed by atoms with Crippen LogP contribution in [0.4, 0.5) is 0 Å². The van der Waals surface area contributed by atoms with Crippen LogP contribution in [-0.2, 0) is 0 Å². The number of fused-ring (bicyclic) bond motifs is 1. The van der Waals surface area contributed by atoms with Gasteiger partial charge in [0, 0.05) is 11.6 Å². The van der Waals surface area contributed by atoms with Crippen LogP contribution in [0.25, 0.3) is 10.9 Å². The van der Waals surface area contributed by atoms with Gasteiger partial charge in [-0.25, -0.2) is 0 Å². The standard InChI is InChI=1S/C11H9ClN2O2/c1-16-6-2-3-9-7(4-6)10(12)8(5-14-9)11(13)15/h2-5H,1H3,(H2,13,15). The van der Waals surface area contributed by atoms with Gasteiger partial charge in [-0.05, 0) is 18.2 Å². The van der Waals surface area contributed by atoms with Gasteiger partial charge in [-0.3, -0.25) is 9.78 Å². The van der Waals surface area contributed by atoms with Crippen molar-refractivity contribution in [1.29, 1.82) is 0 Å². The molecule has 0 radical (unpaired) electrons. The van der Waals surface area contributed by atoms with Crippen molar-refractivity contribution in [3.8, 4) is 5.75 Å². The highest BCUT2D eigenvalue weighted by molar-refractivity contribution is 6.38. The minimum atomic E-state index is -0.595. The number of rotatable bonds is 2. The lowest BCUT2D eigenvalue weighted by atomic mass is 10.1. The Bertz CT molecular complexity index is 569. The maximum Gasteiger partial charge on any atom is 0.251 e. The molecule has 1 amide bonds. The van der Waals surface area contributed by atoms with Crippen LogP contribution in [0.5, 0.6) is 5.75 Å². The summed E-state index contributed by atoms with van der Waals surface area (Å²) in [7, 11) is 1.56. The number of benzene rings is 1. The van der Waals surface area contributed by atoms with E-state index >= 15 is 0 Å². The molecule has 2 aromatic rings. The van der Waals surface area contributed by atoms with Crippen molar-refractivity contribution in [3.63, 3.8) is 0 Å². The normalized spacial score (nSPS) is 10.4. The number of aromatic nitrogens is 1. The molecular formula is C11H9ClN2O2. The van der Waals surface area contributed by atoms with E-state index in [0.717, 1.165) is 0 Å². The Morgan fingerprint density at radius 1 is 1.50 bits per heavy atom. The van der Waals surface area contributed by atoms with Crippen molar-refractivity contribution in [1.82, 2.24) is 4.98 Å². The molecule has 0 aliphatic rings. The van der Waals surface area contributed by atoms with Gasteiger partial charge >= 0.3 is 0 Å². The van der Waals surface area contributed by atoms with E-state index in [2.05, 4.69) is 4.98 Å². The van der Waals surface area contributed by atoms with Crippen LogP contribution >= 0.6 is 11.6 Å². The lowest BCUT2D eigenvalue weighted by Crippen LogP contribution is -2.12. The number of nitrogens with zero attached hydrogens (tertiary/aromatic N) is 1. The Kier molecular flexibility index (Phi) is 2.66. The summed E-state index contributed by atoms with van der Waals surface area (Å²) in [6.45, 7) is 0. The molecule has 0 saturated heterocycles. The van der Waals surface area contributed by atoms with Gasteiger partial charge in [-0.2, -0.15) is 0 Å². The molecular weight excluding hydrogens is 228 g/mol. The molecule has 82 valence electrons. The molecule has 0 spiro atoms. The van der Waals surface area contributed by atoms with Gasteiger partial charge < -0.3 is 10.5 Å². The topological polar surface area (TPSA) is 65.2 Å². The number of hydrogen-bond donors (Lipinski definition) is 1. The van der Waals surface area contributed by atoms with Gasteiger partial charge in [0.05, 0.1) is 23.2 Å². The van der Waals surface area contributed by atoms with E-state index in [0.29, 0.717) is 21.7 Å². The highest BCUT2D eigenvalue weighted by Crippen LogP contribution is 2.28. The summed E-state index contributed by atoms with van der Waals surface area (Å²) in [4.78, 5) is 15.2. The summed E-state index contributed by atoms with van der Waals surface area (Å²) in [5.74, 6) is 0.0556. The third-order valence-corrected chi connectivity index (χ3v) is 2.68. The maximum absolute atomic E-state index is 11.1. The number of carbonyl (C=O) groups is 1. The summed E-state index contributed by atoms with van der Waals surface area (Å²) < 4.78 is 5.08. The van der Waals surface area contributed by atoms with Crippen molar-refractivity contribution >= 4 is 28.4 Å². The Morgan fingerprint density at radius 2 is 2.25 bits per heavy atom. The van der Waals surface area contributed by atoms with E-state index in [1.165, 1.54) is 6.20 Å². The average Bonchev–Trinajstić information content (AvgIpc) is 2.28. The first-order valence-electron chi connectivity index (χ1n) is 4.55. The molecule has 1 heterocycles. The smallest absolute Gasteiger partial charge is 0.251 e. The molecule has 1 aromatic carbocycles. The van der Waals surface area contributed by atoms with Crippen molar-refractivity contribution in [2.45, 2.75) is 0 Å². The maximum atomic E-state index is 11.1. The zero-order valence-corrected chi connectivity index (χ0v) is 9.28. The number of carbonyl (C=O) groups excluding carboxylic acids is 1. The molecule has 0 bridgehead atoms. The number of nitrogens with two attached hydrogens (primary N) is 1. The number of halogens is 1. The van der Waals surface area contributed by atoms with Crippen LogP contribution < -0.4 is 10.5 Å². The largest absolute Gasteiger partial charge is 0.497 e. The molecule has 4 nitrogen and oxygen atoms in total. The zero-order chi connectivity index (χ0) is 11.7. The number of hydrogen-bond acceptors (Lipinski definition) is 3. The molecule has 2 rings (SSSR count). The molecule has 0 unspecified atom stereocenters. The summed E-state index contributed by atoms with van der Waals surface area (Å²) in [5, 5.41) is 0.953. The van der Waals surface area contributed by atoms with Crippen LogP contribution in [0, 0.1) is 0 Å². The summed E-state index contributed by atoms with van der Waals surface area (Å²) in [6.07, 6.45) is 1.37. The number of methoxy groups -OCH3 is 1. The quantitative estimate of drug-likeness (QED) is 0.867. The van der Waals surface area contributed by atoms with Gasteiger partial charge in [-0.1, -0.05) is 11.6 Å². The molecule has 0 aliphatic heterocycles. The fourth-order valence-electron chi connectivity index (χ4n) is 1.44. The molecule has 2 N–H and O–H groups in total. The van der Waals surface area contributed by atoms with Gasteiger partial charge in [0.1, 0.15) is 5.75 Å². The second kappa shape index (κ2) is 3.98. The minimum absolute atomic E-state index is 0.211. The SMILES string of the molecule is COc1ccc2ncc(C(N)=O)c(Cl)c2c1. The summed E-state index contributed by atoms with van der Waals surface area (Å²) >= 11 is 6.07. The van der Waals surface area contributed by atoms with Crippen LogP contribution in [-0.4, -0.2) is 18.0 Å². The van der Waals surface area contributed by atoms with E-state index in [1.54, 1.807) is 25.3 Å². The molecule has 5 heteroatoms. The summed E-state index contributed by atoms with van der Waals surface area (Å²) in [5.41, 5.74) is 6.08. The van der Waals surface area contributed by atoms with Crippen molar-refractivity contribution in [2.75, 3.05) is 7.11 Å². The van der Waals surface area contributed by atoms with Gasteiger partial charge in [-0.15, -0.1) is 0 Å². The van der Waals surface area contributed by atoms with E-state index in [4.69, 9.17) is 22.1 Å². The third kappa shape index (κ3) is 1.67. The van der Waals surface area contributed by atoms with E-state index in [-0.39, 0.29) is 5.56 Å². The fourth-order valence-corrected chi connectivity index (χ4v) is 1.73. The third-order valence-electron chi connectivity index (χ3n) is 2.27. The monoisotopic (exact) mass is 236 g/mol. The number of pyridine rings is 1. The van der Waals surface area contributed by atoms with Crippen LogP contribution in [0.1, 0.15) is 10.4 Å². The minimum Gasteiger partial charge on any atom is -0.497 e. The van der Waals surface area contributed by atoms with E-state index < -0.39 is 5.91 Å². The number of ether oxygens (including phenoxy) is 1. The highest BCUT2D eigenvalue weighted by atomic mass is 35.5. The predicted octanol–water partition coefficient (Wildman–Crippen LogP) is 2.00. The fraction of sp³-hybridized carbons (Fsp3) is 0.0909. The number of primary amides is 1. The van der Waals surface area contributed by atoms with Crippen LogP contribution in [0.2, 0.25) is 5.02 Å². The first-order valence-corrected chi connectivity index (χ1v) is 4.93. The van der Waals surface area contributed by atoms with E-state index in [1.807, 2.05) is 0 Å². The molecule has 0 saturated carbocycles. The first-order chi connectivity index (χ1) is 7.63.